The third-order valence-corrected chi connectivity index (χ3v) is 8.93. The molecule has 4 aromatic rings. The highest BCUT2D eigenvalue weighted by Gasteiger charge is 2.48. The van der Waals surface area contributed by atoms with E-state index in [0.29, 0.717) is 58.3 Å². The lowest BCUT2D eigenvalue weighted by Crippen LogP contribution is -2.29. The van der Waals surface area contributed by atoms with E-state index in [2.05, 4.69) is 10.2 Å². The second-order valence-electron chi connectivity index (χ2n) is 9.88. The summed E-state index contributed by atoms with van der Waals surface area (Å²) in [6, 6.07) is 17.0. The Hall–Kier alpha value is -4.42. The number of aliphatic hydroxyl groups is 1. The summed E-state index contributed by atoms with van der Waals surface area (Å²) >= 11 is 2.52. The number of anilines is 1. The molecule has 12 heteroatoms. The molecular formula is C33H32FN3O6S2. The summed E-state index contributed by atoms with van der Waals surface area (Å²) in [6.45, 7) is 7.04. The molecule has 1 aromatic heterocycles. The molecule has 5 rings (SSSR count). The number of halogens is 1. The summed E-state index contributed by atoms with van der Waals surface area (Å²) in [6.07, 6.45) is 0.800. The van der Waals surface area contributed by atoms with Gasteiger partial charge in [-0.05, 0) is 79.9 Å². The Labute approximate surface area is 268 Å². The van der Waals surface area contributed by atoms with Gasteiger partial charge in [0.15, 0.2) is 15.8 Å². The number of aliphatic hydroxyl groups excluding tert-OH is 1. The minimum atomic E-state index is -1.03. The average molecular weight is 650 g/mol. The number of thioether (sulfide) groups is 1. The lowest BCUT2D eigenvalue weighted by atomic mass is 9.95. The molecule has 1 saturated heterocycles. The fourth-order valence-electron chi connectivity index (χ4n) is 4.75. The summed E-state index contributed by atoms with van der Waals surface area (Å²) in [4.78, 5) is 28.6. The van der Waals surface area contributed by atoms with Crippen LogP contribution in [0.5, 0.6) is 17.2 Å². The predicted molar refractivity (Wildman–Crippen MR) is 172 cm³/mol. The molecule has 2 heterocycles. The predicted octanol–water partition coefficient (Wildman–Crippen LogP) is 7.18. The van der Waals surface area contributed by atoms with E-state index in [1.165, 1.54) is 28.8 Å². The van der Waals surface area contributed by atoms with Crippen LogP contribution < -0.4 is 19.1 Å². The first-order valence-electron chi connectivity index (χ1n) is 14.5. The van der Waals surface area contributed by atoms with Crippen LogP contribution in [0.25, 0.3) is 5.76 Å². The van der Waals surface area contributed by atoms with Crippen LogP contribution in [0.1, 0.15) is 49.9 Å². The van der Waals surface area contributed by atoms with Crippen LogP contribution >= 0.6 is 23.1 Å². The largest absolute Gasteiger partial charge is 0.507 e. The highest BCUT2D eigenvalue weighted by Crippen LogP contribution is 2.45. The van der Waals surface area contributed by atoms with Gasteiger partial charge in [0.2, 0.25) is 5.13 Å². The number of nitrogens with zero attached hydrogens (tertiary/aromatic N) is 3. The maximum absolute atomic E-state index is 13.7. The van der Waals surface area contributed by atoms with E-state index in [1.54, 1.807) is 54.6 Å². The van der Waals surface area contributed by atoms with Crippen molar-refractivity contribution in [3.8, 4) is 17.2 Å². The third-order valence-electron chi connectivity index (χ3n) is 6.81. The van der Waals surface area contributed by atoms with Crippen LogP contribution in [0, 0.1) is 5.82 Å². The van der Waals surface area contributed by atoms with Gasteiger partial charge in [-0.15, -0.1) is 10.2 Å². The van der Waals surface area contributed by atoms with E-state index in [9.17, 15) is 19.1 Å². The Bertz CT molecular complexity index is 1690. The maximum Gasteiger partial charge on any atom is 0.301 e. The zero-order valence-corrected chi connectivity index (χ0v) is 26.6. The summed E-state index contributed by atoms with van der Waals surface area (Å²) in [5, 5.41) is 20.2. The number of Topliss-reactive ketones (excluding diaryl/α,β-unsaturated/α-hetero) is 1. The van der Waals surface area contributed by atoms with Crippen molar-refractivity contribution in [1.82, 2.24) is 10.2 Å². The summed E-state index contributed by atoms with van der Waals surface area (Å²) in [7, 11) is 0. The zero-order valence-electron chi connectivity index (χ0n) is 25.0. The highest BCUT2D eigenvalue weighted by molar-refractivity contribution is 8.00. The molecule has 0 radical (unpaired) electrons. The zero-order chi connectivity index (χ0) is 31.9. The number of carbonyl (C=O) groups is 2. The topological polar surface area (TPSA) is 111 Å². The van der Waals surface area contributed by atoms with Crippen LogP contribution in [-0.4, -0.2) is 46.8 Å². The first-order valence-corrected chi connectivity index (χ1v) is 16.3. The minimum absolute atomic E-state index is 0.0930. The van der Waals surface area contributed by atoms with Crippen molar-refractivity contribution < 1.29 is 33.3 Å². The van der Waals surface area contributed by atoms with E-state index in [-0.39, 0.29) is 22.3 Å². The van der Waals surface area contributed by atoms with Crippen molar-refractivity contribution in [3.63, 3.8) is 0 Å². The minimum Gasteiger partial charge on any atom is -0.507 e. The van der Waals surface area contributed by atoms with Crippen LogP contribution in [0.4, 0.5) is 9.52 Å². The van der Waals surface area contributed by atoms with Crippen LogP contribution in [0.2, 0.25) is 0 Å². The first-order chi connectivity index (χ1) is 21.8. The van der Waals surface area contributed by atoms with E-state index >= 15 is 0 Å². The van der Waals surface area contributed by atoms with Gasteiger partial charge in [-0.2, -0.15) is 0 Å². The molecule has 1 amide bonds. The maximum atomic E-state index is 13.7. The van der Waals surface area contributed by atoms with Gasteiger partial charge in [0.1, 0.15) is 17.3 Å². The Kier molecular flexibility index (Phi) is 10.4. The normalized spacial score (nSPS) is 15.8. The standard InChI is InChI=1S/C33H32FN3O6S2/c1-4-17-43-25-16-11-22(18-26(25)42-6-3)28-27(29(38)21-9-14-24(15-10-21)41-5-2)30(39)31(40)37(28)32-35-36-33(45-32)44-19-20-7-12-23(34)13-8-20/h7-16,18,28,38H,4-6,17,19H2,1-3H3. The van der Waals surface area contributed by atoms with E-state index in [1.807, 2.05) is 20.8 Å². The quantitative estimate of drug-likeness (QED) is 0.0529. The highest BCUT2D eigenvalue weighted by atomic mass is 32.2. The third kappa shape index (κ3) is 7.12. The number of carbonyl (C=O) groups excluding carboxylic acids is 2. The molecule has 0 bridgehead atoms. The van der Waals surface area contributed by atoms with Crippen molar-refractivity contribution in [2.45, 2.75) is 43.3 Å². The fraction of sp³-hybridized carbons (Fsp3) is 0.273. The molecule has 1 N–H and O–H groups in total. The summed E-state index contributed by atoms with van der Waals surface area (Å²) in [5.74, 6) is -0.261. The average Bonchev–Trinajstić information content (AvgIpc) is 3.62. The molecule has 0 spiro atoms. The fourth-order valence-corrected chi connectivity index (χ4v) is 6.58. The van der Waals surface area contributed by atoms with Crippen LogP contribution in [0.15, 0.2) is 76.6 Å². The number of rotatable bonds is 13. The molecule has 0 aliphatic carbocycles. The second-order valence-corrected chi connectivity index (χ2v) is 12.1. The molecule has 1 fully saturated rings. The van der Waals surface area contributed by atoms with E-state index < -0.39 is 17.7 Å². The van der Waals surface area contributed by atoms with Gasteiger partial charge < -0.3 is 19.3 Å². The number of hydrogen-bond donors (Lipinski definition) is 1. The molecular weight excluding hydrogens is 618 g/mol. The summed E-state index contributed by atoms with van der Waals surface area (Å²) < 4.78 is 31.1. The van der Waals surface area contributed by atoms with Crippen molar-refractivity contribution >= 4 is 45.7 Å². The van der Waals surface area contributed by atoms with Crippen LogP contribution in [-0.2, 0) is 15.3 Å². The van der Waals surface area contributed by atoms with Crippen molar-refractivity contribution in [3.05, 3.63) is 94.8 Å². The number of ether oxygens (including phenoxy) is 3. The number of amides is 1. The van der Waals surface area contributed by atoms with Crippen LogP contribution in [0.3, 0.4) is 0 Å². The number of benzene rings is 3. The molecule has 0 saturated carbocycles. The molecule has 3 aromatic carbocycles. The Morgan fingerprint density at radius 3 is 2.36 bits per heavy atom. The SMILES string of the molecule is CCCOc1ccc(C2C(=C(O)c3ccc(OCC)cc3)C(=O)C(=O)N2c2nnc(SCc3ccc(F)cc3)s2)cc1OCC. The summed E-state index contributed by atoms with van der Waals surface area (Å²) in [5.41, 5.74) is 1.67. The van der Waals surface area contributed by atoms with Gasteiger partial charge in [0.05, 0.1) is 31.4 Å². The van der Waals surface area contributed by atoms with Gasteiger partial charge in [0.25, 0.3) is 5.78 Å². The molecule has 1 atom stereocenters. The Morgan fingerprint density at radius 2 is 1.67 bits per heavy atom. The number of ketones is 1. The van der Waals surface area contributed by atoms with Crippen molar-refractivity contribution in [1.29, 1.82) is 0 Å². The lowest BCUT2D eigenvalue weighted by molar-refractivity contribution is -0.132. The van der Waals surface area contributed by atoms with Crippen molar-refractivity contribution in [2.24, 2.45) is 0 Å². The Balaban J connectivity index is 1.56. The number of hydrogen-bond acceptors (Lipinski definition) is 10. The van der Waals surface area contributed by atoms with E-state index in [0.717, 1.165) is 23.3 Å². The molecule has 234 valence electrons. The monoisotopic (exact) mass is 649 g/mol. The lowest BCUT2D eigenvalue weighted by Gasteiger charge is -2.23. The van der Waals surface area contributed by atoms with Gasteiger partial charge in [-0.1, -0.05) is 48.2 Å². The van der Waals surface area contributed by atoms with Gasteiger partial charge in [-0.3, -0.25) is 14.5 Å². The first kappa shape index (κ1) is 32.0. The molecule has 1 unspecified atom stereocenters. The van der Waals surface area contributed by atoms with Crippen molar-refractivity contribution in [2.75, 3.05) is 24.7 Å². The second kappa shape index (κ2) is 14.6. The molecule has 9 nitrogen and oxygen atoms in total. The Morgan fingerprint density at radius 1 is 0.933 bits per heavy atom. The molecule has 1 aliphatic heterocycles. The van der Waals surface area contributed by atoms with Gasteiger partial charge >= 0.3 is 5.91 Å². The van der Waals surface area contributed by atoms with Gasteiger partial charge in [-0.25, -0.2) is 4.39 Å². The van der Waals surface area contributed by atoms with E-state index in [4.69, 9.17) is 14.2 Å². The smallest absolute Gasteiger partial charge is 0.301 e. The molecule has 1 aliphatic rings. The molecule has 45 heavy (non-hydrogen) atoms. The number of aromatic nitrogens is 2. The van der Waals surface area contributed by atoms with Gasteiger partial charge in [0, 0.05) is 11.3 Å².